The van der Waals surface area contributed by atoms with Gasteiger partial charge >= 0.3 is 0 Å². The average Bonchev–Trinajstić information content (AvgIpc) is 2.80. The number of hydrogen-bond acceptors (Lipinski definition) is 1. The van der Waals surface area contributed by atoms with Crippen LogP contribution in [0.5, 0.6) is 5.75 Å². The molecule has 32 heavy (non-hydrogen) atoms. The number of rotatable bonds is 6. The second-order valence-electron chi connectivity index (χ2n) is 8.16. The van der Waals surface area contributed by atoms with Gasteiger partial charge in [0.2, 0.25) is 6.86 Å². The molecule has 1 saturated carbocycles. The third kappa shape index (κ3) is 5.21. The Balaban J connectivity index is 1.45. The normalized spacial score (nSPS) is 18.2. The van der Waals surface area contributed by atoms with E-state index in [1.54, 1.807) is 30.3 Å². The van der Waals surface area contributed by atoms with Crippen LogP contribution in [0, 0.1) is 11.7 Å². The molecule has 1 aliphatic carbocycles. The Bertz CT molecular complexity index is 1060. The Morgan fingerprint density at radius 1 is 0.812 bits per heavy atom. The fraction of sp³-hybridized carbons (Fsp3) is 0.259. The lowest BCUT2D eigenvalue weighted by Gasteiger charge is -2.27. The van der Waals surface area contributed by atoms with E-state index in [-0.39, 0.29) is 11.7 Å². The van der Waals surface area contributed by atoms with Crippen molar-refractivity contribution < 1.29 is 22.3 Å². The van der Waals surface area contributed by atoms with Crippen LogP contribution < -0.4 is 4.74 Å². The number of ether oxygens (including phenoxy) is 1. The number of hydrogen-bond donors (Lipinski definition) is 0. The highest BCUT2D eigenvalue weighted by Gasteiger charge is 2.22. The van der Waals surface area contributed by atoms with E-state index in [1.165, 1.54) is 11.6 Å². The molecule has 0 aromatic heterocycles. The molecule has 1 aliphatic rings. The fourth-order valence-corrected chi connectivity index (χ4v) is 4.47. The lowest BCUT2D eigenvalue weighted by molar-refractivity contribution is 0.192. The predicted octanol–water partition coefficient (Wildman–Crippen LogP) is 8.52. The molecule has 166 valence electrons. The third-order valence-corrected chi connectivity index (χ3v) is 6.20. The number of alkyl halides is 1. The van der Waals surface area contributed by atoms with Crippen LogP contribution >= 0.6 is 0 Å². The van der Waals surface area contributed by atoms with Gasteiger partial charge in [0, 0.05) is 5.56 Å². The fourth-order valence-electron chi connectivity index (χ4n) is 4.47. The zero-order valence-electron chi connectivity index (χ0n) is 17.5. The van der Waals surface area contributed by atoms with E-state index in [0.717, 1.165) is 42.9 Å². The minimum atomic E-state index is -1.58. The van der Waals surface area contributed by atoms with Gasteiger partial charge in [-0.2, -0.15) is 8.78 Å². The summed E-state index contributed by atoms with van der Waals surface area (Å²) in [5.74, 6) is 0.411. The molecule has 0 amide bonds. The monoisotopic (exact) mass is 440 g/mol. The van der Waals surface area contributed by atoms with E-state index in [1.807, 2.05) is 18.2 Å². The van der Waals surface area contributed by atoms with Crippen molar-refractivity contribution in [2.24, 2.45) is 5.92 Å². The van der Waals surface area contributed by atoms with E-state index in [0.29, 0.717) is 22.8 Å². The van der Waals surface area contributed by atoms with E-state index in [9.17, 15) is 17.6 Å². The molecule has 0 N–H and O–H groups in total. The zero-order valence-corrected chi connectivity index (χ0v) is 17.5. The topological polar surface area (TPSA) is 9.23 Å². The quantitative estimate of drug-likeness (QED) is 0.349. The van der Waals surface area contributed by atoms with Gasteiger partial charge in [-0.25, -0.2) is 8.78 Å². The van der Waals surface area contributed by atoms with Gasteiger partial charge in [0.15, 0.2) is 0 Å². The van der Waals surface area contributed by atoms with Crippen molar-refractivity contribution in [1.82, 2.24) is 0 Å². The molecule has 0 saturated heterocycles. The molecule has 0 radical (unpaired) electrons. The molecule has 4 rings (SSSR count). The predicted molar refractivity (Wildman–Crippen MR) is 119 cm³/mol. The van der Waals surface area contributed by atoms with E-state index in [4.69, 9.17) is 4.74 Å². The van der Waals surface area contributed by atoms with Gasteiger partial charge in [-0.3, -0.25) is 0 Å². The molecule has 0 atom stereocenters. The van der Waals surface area contributed by atoms with Crippen LogP contribution in [-0.2, 0) is 0 Å². The van der Waals surface area contributed by atoms with Crippen molar-refractivity contribution in [2.75, 3.05) is 6.86 Å². The summed E-state index contributed by atoms with van der Waals surface area (Å²) < 4.78 is 56.8. The summed E-state index contributed by atoms with van der Waals surface area (Å²) in [6.45, 7) is -0.904. The molecule has 1 fully saturated rings. The first-order valence-electron chi connectivity index (χ1n) is 10.8. The van der Waals surface area contributed by atoms with Crippen LogP contribution in [0.4, 0.5) is 17.6 Å². The minimum Gasteiger partial charge on any atom is -0.463 e. The lowest BCUT2D eigenvalue weighted by atomic mass is 9.78. The van der Waals surface area contributed by atoms with Crippen molar-refractivity contribution >= 4 is 0 Å². The first-order valence-corrected chi connectivity index (χ1v) is 10.8. The van der Waals surface area contributed by atoms with E-state index in [2.05, 4.69) is 12.1 Å². The Labute approximate surface area is 185 Å². The van der Waals surface area contributed by atoms with E-state index >= 15 is 0 Å². The zero-order chi connectivity index (χ0) is 22.5. The summed E-state index contributed by atoms with van der Waals surface area (Å²) >= 11 is 0. The maximum Gasteiger partial charge on any atom is 0.266 e. The number of halogens is 4. The molecule has 0 unspecified atom stereocenters. The maximum absolute atomic E-state index is 14.8. The van der Waals surface area contributed by atoms with Crippen LogP contribution in [0.3, 0.4) is 0 Å². The summed E-state index contributed by atoms with van der Waals surface area (Å²) in [6, 6.07) is 19.8. The van der Waals surface area contributed by atoms with Crippen molar-refractivity contribution in [1.29, 1.82) is 0 Å². The Morgan fingerprint density at radius 3 is 2.03 bits per heavy atom. The van der Waals surface area contributed by atoms with Gasteiger partial charge in [-0.05, 0) is 84.0 Å². The van der Waals surface area contributed by atoms with Gasteiger partial charge < -0.3 is 4.74 Å². The highest BCUT2D eigenvalue weighted by atomic mass is 19.3. The summed E-state index contributed by atoms with van der Waals surface area (Å²) in [5.41, 5.74) is 4.05. The van der Waals surface area contributed by atoms with Gasteiger partial charge in [-0.1, -0.05) is 48.5 Å². The molecule has 0 heterocycles. The van der Waals surface area contributed by atoms with Crippen LogP contribution in [0.2, 0.25) is 0 Å². The molecule has 0 bridgehead atoms. The highest BCUT2D eigenvalue weighted by Crippen LogP contribution is 2.38. The van der Waals surface area contributed by atoms with E-state index < -0.39 is 12.9 Å². The van der Waals surface area contributed by atoms with Crippen molar-refractivity contribution in [2.45, 2.75) is 31.6 Å². The van der Waals surface area contributed by atoms with Crippen molar-refractivity contribution in [3.05, 3.63) is 90.3 Å². The summed E-state index contributed by atoms with van der Waals surface area (Å²) in [7, 11) is 0. The smallest absolute Gasteiger partial charge is 0.266 e. The molecule has 1 nitrogen and oxygen atoms in total. The molecule has 0 spiro atoms. The summed E-state index contributed by atoms with van der Waals surface area (Å²) in [6.07, 6.45) is 2.84. The van der Waals surface area contributed by atoms with Gasteiger partial charge in [0.1, 0.15) is 11.6 Å². The van der Waals surface area contributed by atoms with Crippen LogP contribution in [0.1, 0.15) is 37.2 Å². The van der Waals surface area contributed by atoms with Crippen LogP contribution in [0.25, 0.3) is 22.3 Å². The molecular weight excluding hydrogens is 416 g/mol. The molecule has 5 heteroatoms. The molecule has 3 aromatic rings. The lowest BCUT2D eigenvalue weighted by Crippen LogP contribution is -2.11. The van der Waals surface area contributed by atoms with Gasteiger partial charge in [0.05, 0.1) is 0 Å². The first-order chi connectivity index (χ1) is 15.5. The van der Waals surface area contributed by atoms with Crippen molar-refractivity contribution in [3.63, 3.8) is 0 Å². The first kappa shape index (κ1) is 22.1. The SMILES string of the molecule is FCOc1ccc(-c2ccc(-c3ccc(C4CCC(C=C(F)F)CC4)cc3)cc2F)cc1. The Hall–Kier alpha value is -3.08. The molecule has 3 aromatic carbocycles. The summed E-state index contributed by atoms with van der Waals surface area (Å²) in [4.78, 5) is 0. The second kappa shape index (κ2) is 10.0. The van der Waals surface area contributed by atoms with Gasteiger partial charge in [-0.15, -0.1) is 0 Å². The highest BCUT2D eigenvalue weighted by molar-refractivity contribution is 5.71. The number of allylic oxidation sites excluding steroid dienone is 1. The maximum atomic E-state index is 14.8. The minimum absolute atomic E-state index is 0.0237. The van der Waals surface area contributed by atoms with Gasteiger partial charge in [0.25, 0.3) is 6.08 Å². The molecule has 0 aliphatic heterocycles. The third-order valence-electron chi connectivity index (χ3n) is 6.20. The second-order valence-corrected chi connectivity index (χ2v) is 8.16. The van der Waals surface area contributed by atoms with Crippen LogP contribution in [-0.4, -0.2) is 6.86 Å². The largest absolute Gasteiger partial charge is 0.463 e. The average molecular weight is 440 g/mol. The summed E-state index contributed by atoms with van der Waals surface area (Å²) in [5, 5.41) is 0. The Morgan fingerprint density at radius 2 is 1.44 bits per heavy atom. The molecular formula is C27H24F4O. The standard InChI is InChI=1S/C27H24F4O/c28-17-32-24-12-9-22(10-13-24)25-14-11-23(16-26(25)29)21-7-5-20(6-8-21)19-3-1-18(2-4-19)15-27(30)31/h5-16,18-19H,1-4,17H2. The Kier molecular flexibility index (Phi) is 6.93. The van der Waals surface area contributed by atoms with Crippen LogP contribution in [0.15, 0.2) is 78.9 Å². The van der Waals surface area contributed by atoms with Crippen molar-refractivity contribution in [3.8, 4) is 28.0 Å². The number of benzene rings is 3.